The number of benzene rings is 2. The molecule has 0 amide bonds. The van der Waals surface area contributed by atoms with Crippen LogP contribution in [0.15, 0.2) is 48.5 Å². The summed E-state index contributed by atoms with van der Waals surface area (Å²) < 4.78 is 2.49. The Morgan fingerprint density at radius 1 is 1.00 bits per heavy atom. The maximum Gasteiger partial charge on any atom is 0.119 e. The van der Waals surface area contributed by atoms with Crippen LogP contribution in [0.2, 0.25) is 0 Å². The zero-order valence-electron chi connectivity index (χ0n) is 11.8. The summed E-state index contributed by atoms with van der Waals surface area (Å²) in [4.78, 5) is 4.98. The highest BCUT2D eigenvalue weighted by Gasteiger charge is 2.33. The molecule has 0 saturated heterocycles. The summed E-state index contributed by atoms with van der Waals surface area (Å²) in [5.41, 5.74) is 5.06. The van der Waals surface area contributed by atoms with Crippen molar-refractivity contribution in [2.45, 2.75) is 24.8 Å². The van der Waals surface area contributed by atoms with Crippen LogP contribution < -0.4 is 5.32 Å². The third-order valence-corrected chi connectivity index (χ3v) is 4.68. The molecule has 104 valence electrons. The molecule has 0 spiro atoms. The topological polar surface area (TPSA) is 29.9 Å². The van der Waals surface area contributed by atoms with Gasteiger partial charge in [0.25, 0.3) is 0 Å². The van der Waals surface area contributed by atoms with E-state index in [0.717, 1.165) is 12.1 Å². The molecular formula is C18H17N3. The Labute approximate surface area is 123 Å². The number of fused-ring (bicyclic) bond motifs is 2. The van der Waals surface area contributed by atoms with Gasteiger partial charge in [-0.2, -0.15) is 0 Å². The second-order valence-corrected chi connectivity index (χ2v) is 6.08. The Morgan fingerprint density at radius 2 is 1.81 bits per heavy atom. The second-order valence-electron chi connectivity index (χ2n) is 6.08. The van der Waals surface area contributed by atoms with Crippen LogP contribution in [-0.4, -0.2) is 16.1 Å². The van der Waals surface area contributed by atoms with Crippen molar-refractivity contribution in [3.05, 3.63) is 59.9 Å². The first kappa shape index (κ1) is 11.4. The van der Waals surface area contributed by atoms with Crippen molar-refractivity contribution in [1.29, 1.82) is 0 Å². The van der Waals surface area contributed by atoms with Crippen molar-refractivity contribution >= 4 is 16.7 Å². The van der Waals surface area contributed by atoms with Gasteiger partial charge in [-0.05, 0) is 36.6 Å². The molecule has 1 aromatic heterocycles. The third-order valence-electron chi connectivity index (χ3n) is 4.68. The highest BCUT2D eigenvalue weighted by atomic mass is 15.1. The maximum atomic E-state index is 4.98. The van der Waals surface area contributed by atoms with Crippen molar-refractivity contribution in [3.63, 3.8) is 0 Å². The summed E-state index contributed by atoms with van der Waals surface area (Å²) >= 11 is 0. The number of nitrogens with one attached hydrogen (secondary N) is 1. The number of nitrogens with zero attached hydrogens (tertiary/aromatic N) is 2. The molecule has 1 unspecified atom stereocenters. The predicted molar refractivity (Wildman–Crippen MR) is 84.8 cm³/mol. The van der Waals surface area contributed by atoms with Crippen molar-refractivity contribution in [3.8, 4) is 0 Å². The minimum atomic E-state index is 0.370. The van der Waals surface area contributed by atoms with E-state index in [1.165, 1.54) is 35.4 Å². The van der Waals surface area contributed by atoms with Gasteiger partial charge in [0.05, 0.1) is 17.0 Å². The first-order valence-corrected chi connectivity index (χ1v) is 7.71. The molecule has 2 aromatic carbocycles. The van der Waals surface area contributed by atoms with E-state index < -0.39 is 0 Å². The van der Waals surface area contributed by atoms with Crippen molar-refractivity contribution in [2.24, 2.45) is 0 Å². The number of anilines is 1. The highest BCUT2D eigenvalue weighted by molar-refractivity contribution is 5.77. The zero-order chi connectivity index (χ0) is 13.8. The maximum absolute atomic E-state index is 4.98. The Bertz CT molecular complexity index is 829. The molecule has 1 saturated carbocycles. The lowest BCUT2D eigenvalue weighted by Gasteiger charge is -2.13. The van der Waals surface area contributed by atoms with Crippen LogP contribution in [-0.2, 0) is 0 Å². The van der Waals surface area contributed by atoms with E-state index in [0.29, 0.717) is 12.0 Å². The molecule has 3 heteroatoms. The molecule has 1 atom stereocenters. The number of aromatic nitrogens is 2. The quantitative estimate of drug-likeness (QED) is 0.768. The standard InChI is InChI=1S/C18H17N3/c1-2-6-15-13(5-1)14(11-19-15)18-20-16-7-3-4-8-17(16)21(18)12-9-10-12/h1-8,12,14,19H,9-11H2. The number of hydrogen-bond acceptors (Lipinski definition) is 2. The van der Waals surface area contributed by atoms with E-state index in [9.17, 15) is 0 Å². The lowest BCUT2D eigenvalue weighted by atomic mass is 10.0. The molecule has 3 aromatic rings. The van der Waals surface area contributed by atoms with E-state index in [2.05, 4.69) is 58.4 Å². The fourth-order valence-corrected chi connectivity index (χ4v) is 3.54. The fourth-order valence-electron chi connectivity index (χ4n) is 3.54. The fraction of sp³-hybridized carbons (Fsp3) is 0.278. The zero-order valence-corrected chi connectivity index (χ0v) is 11.8. The monoisotopic (exact) mass is 275 g/mol. The predicted octanol–water partition coefficient (Wildman–Crippen LogP) is 3.93. The minimum Gasteiger partial charge on any atom is -0.384 e. The highest BCUT2D eigenvalue weighted by Crippen LogP contribution is 2.43. The van der Waals surface area contributed by atoms with E-state index in [4.69, 9.17) is 4.98 Å². The van der Waals surface area contributed by atoms with Gasteiger partial charge in [0.15, 0.2) is 0 Å². The van der Waals surface area contributed by atoms with Crippen molar-refractivity contribution in [2.75, 3.05) is 11.9 Å². The van der Waals surface area contributed by atoms with E-state index in [1.54, 1.807) is 0 Å². The first-order valence-electron chi connectivity index (χ1n) is 7.71. The minimum absolute atomic E-state index is 0.370. The van der Waals surface area contributed by atoms with Gasteiger partial charge < -0.3 is 9.88 Å². The van der Waals surface area contributed by atoms with Gasteiger partial charge in [0.1, 0.15) is 5.82 Å². The molecule has 1 aliphatic heterocycles. The van der Waals surface area contributed by atoms with Crippen LogP contribution in [0, 0.1) is 0 Å². The Kier molecular flexibility index (Phi) is 2.22. The molecule has 2 aliphatic rings. The van der Waals surface area contributed by atoms with Gasteiger partial charge in [-0.15, -0.1) is 0 Å². The van der Waals surface area contributed by atoms with Gasteiger partial charge in [-0.25, -0.2) is 4.98 Å². The lowest BCUT2D eigenvalue weighted by Crippen LogP contribution is -2.11. The molecular weight excluding hydrogens is 258 g/mol. The number of rotatable bonds is 2. The lowest BCUT2D eigenvalue weighted by molar-refractivity contribution is 0.670. The van der Waals surface area contributed by atoms with Crippen LogP contribution in [0.1, 0.15) is 36.2 Å². The average Bonchev–Trinajstić information content (AvgIpc) is 3.15. The van der Waals surface area contributed by atoms with Gasteiger partial charge in [-0.3, -0.25) is 0 Å². The van der Waals surface area contributed by atoms with E-state index >= 15 is 0 Å². The molecule has 2 heterocycles. The van der Waals surface area contributed by atoms with Crippen molar-refractivity contribution < 1.29 is 0 Å². The van der Waals surface area contributed by atoms with Gasteiger partial charge >= 0.3 is 0 Å². The number of para-hydroxylation sites is 3. The summed E-state index contributed by atoms with van der Waals surface area (Å²) in [5.74, 6) is 1.60. The Balaban J connectivity index is 1.73. The molecule has 5 rings (SSSR count). The molecule has 3 nitrogen and oxygen atoms in total. The number of hydrogen-bond donors (Lipinski definition) is 1. The van der Waals surface area contributed by atoms with Crippen LogP contribution >= 0.6 is 0 Å². The summed E-state index contributed by atoms with van der Waals surface area (Å²) in [5, 5.41) is 3.53. The molecule has 0 radical (unpaired) electrons. The Morgan fingerprint density at radius 3 is 2.71 bits per heavy atom. The summed E-state index contributed by atoms with van der Waals surface area (Å²) in [7, 11) is 0. The van der Waals surface area contributed by atoms with Gasteiger partial charge in [-0.1, -0.05) is 30.3 Å². The molecule has 1 fully saturated rings. The van der Waals surface area contributed by atoms with E-state index in [1.807, 2.05) is 0 Å². The largest absolute Gasteiger partial charge is 0.384 e. The van der Waals surface area contributed by atoms with Crippen LogP contribution in [0.4, 0.5) is 5.69 Å². The van der Waals surface area contributed by atoms with Crippen LogP contribution in [0.5, 0.6) is 0 Å². The number of imidazole rings is 1. The molecule has 0 bridgehead atoms. The first-order chi connectivity index (χ1) is 10.4. The SMILES string of the molecule is c1ccc2c(c1)NCC2c1nc2ccccc2n1C1CC1. The second kappa shape index (κ2) is 4.10. The summed E-state index contributed by atoms with van der Waals surface area (Å²) in [6, 6.07) is 17.8. The van der Waals surface area contributed by atoms with Gasteiger partial charge in [0, 0.05) is 18.3 Å². The van der Waals surface area contributed by atoms with Crippen LogP contribution in [0.3, 0.4) is 0 Å². The molecule has 1 N–H and O–H groups in total. The summed E-state index contributed by atoms with van der Waals surface area (Å²) in [6.07, 6.45) is 2.57. The van der Waals surface area contributed by atoms with Crippen LogP contribution in [0.25, 0.3) is 11.0 Å². The van der Waals surface area contributed by atoms with Gasteiger partial charge in [0.2, 0.25) is 0 Å². The Hall–Kier alpha value is -2.29. The van der Waals surface area contributed by atoms with Crippen molar-refractivity contribution in [1.82, 2.24) is 9.55 Å². The normalized spacial score (nSPS) is 20.5. The third kappa shape index (κ3) is 1.63. The average molecular weight is 275 g/mol. The molecule has 21 heavy (non-hydrogen) atoms. The summed E-state index contributed by atoms with van der Waals surface area (Å²) in [6.45, 7) is 0.954. The molecule has 1 aliphatic carbocycles. The smallest absolute Gasteiger partial charge is 0.119 e. The van der Waals surface area contributed by atoms with E-state index in [-0.39, 0.29) is 0 Å².